The second kappa shape index (κ2) is 5.74. The molecule has 1 unspecified atom stereocenters. The predicted octanol–water partition coefficient (Wildman–Crippen LogP) is 1.78. The van der Waals surface area contributed by atoms with Crippen LogP contribution in [0.25, 0.3) is 0 Å². The van der Waals surface area contributed by atoms with E-state index in [0.29, 0.717) is 12.0 Å². The van der Waals surface area contributed by atoms with Gasteiger partial charge in [-0.3, -0.25) is 0 Å². The van der Waals surface area contributed by atoms with Gasteiger partial charge in [-0.05, 0) is 14.0 Å². The van der Waals surface area contributed by atoms with Crippen molar-refractivity contribution in [3.63, 3.8) is 0 Å². The number of hydrogen-bond acceptors (Lipinski definition) is 5. The fourth-order valence-electron chi connectivity index (χ4n) is 2.47. The first-order valence-electron chi connectivity index (χ1n) is 7.03. The Bertz CT molecular complexity index is 432. The largest absolute Gasteiger partial charge is 0.373 e. The molecule has 1 aromatic rings. The molecule has 106 valence electrons. The van der Waals surface area contributed by atoms with E-state index in [0.717, 1.165) is 37.1 Å². The lowest BCUT2D eigenvalue weighted by molar-refractivity contribution is 0.274. The van der Waals surface area contributed by atoms with E-state index in [4.69, 9.17) is 4.98 Å². The van der Waals surface area contributed by atoms with Crippen LogP contribution in [0.15, 0.2) is 6.07 Å². The summed E-state index contributed by atoms with van der Waals surface area (Å²) in [6.45, 7) is 9.70. The molecular formula is C14H25N5. The summed E-state index contributed by atoms with van der Waals surface area (Å²) in [5.74, 6) is 3.20. The van der Waals surface area contributed by atoms with Crippen molar-refractivity contribution in [1.29, 1.82) is 0 Å². The van der Waals surface area contributed by atoms with Crippen molar-refractivity contribution < 1.29 is 0 Å². The molecule has 1 N–H and O–H groups in total. The lowest BCUT2D eigenvalue weighted by atomic mass is 10.2. The predicted molar refractivity (Wildman–Crippen MR) is 80.0 cm³/mol. The summed E-state index contributed by atoms with van der Waals surface area (Å²) in [5, 5.41) is 3.14. The molecular weight excluding hydrogens is 238 g/mol. The summed E-state index contributed by atoms with van der Waals surface area (Å²) in [7, 11) is 4.08. The van der Waals surface area contributed by atoms with Gasteiger partial charge in [-0.25, -0.2) is 9.97 Å². The Hall–Kier alpha value is -1.36. The molecule has 5 nitrogen and oxygen atoms in total. The van der Waals surface area contributed by atoms with Crippen LogP contribution in [0.4, 0.5) is 11.6 Å². The zero-order valence-corrected chi connectivity index (χ0v) is 12.6. The maximum absolute atomic E-state index is 4.74. The van der Waals surface area contributed by atoms with Crippen LogP contribution in [0.3, 0.4) is 0 Å². The van der Waals surface area contributed by atoms with E-state index in [1.54, 1.807) is 0 Å². The van der Waals surface area contributed by atoms with Gasteiger partial charge in [0.2, 0.25) is 0 Å². The smallest absolute Gasteiger partial charge is 0.135 e. The Morgan fingerprint density at radius 3 is 2.63 bits per heavy atom. The van der Waals surface area contributed by atoms with Crippen LogP contribution in [-0.4, -0.2) is 54.6 Å². The van der Waals surface area contributed by atoms with Crippen molar-refractivity contribution in [3.05, 3.63) is 11.9 Å². The Kier molecular flexibility index (Phi) is 4.24. The summed E-state index contributed by atoms with van der Waals surface area (Å²) >= 11 is 0. The number of rotatable bonds is 3. The van der Waals surface area contributed by atoms with E-state index in [1.807, 2.05) is 13.1 Å². The van der Waals surface area contributed by atoms with Crippen molar-refractivity contribution in [2.24, 2.45) is 0 Å². The molecule has 1 aromatic heterocycles. The number of piperazine rings is 1. The van der Waals surface area contributed by atoms with Crippen LogP contribution < -0.4 is 10.2 Å². The minimum absolute atomic E-state index is 0.342. The summed E-state index contributed by atoms with van der Waals surface area (Å²) in [5.41, 5.74) is 0. The van der Waals surface area contributed by atoms with Gasteiger partial charge in [-0.15, -0.1) is 0 Å². The van der Waals surface area contributed by atoms with Crippen molar-refractivity contribution in [1.82, 2.24) is 14.9 Å². The second-order valence-corrected chi connectivity index (χ2v) is 5.68. The average molecular weight is 263 g/mol. The van der Waals surface area contributed by atoms with Gasteiger partial charge in [-0.1, -0.05) is 13.8 Å². The molecule has 1 aliphatic rings. The summed E-state index contributed by atoms with van der Waals surface area (Å²) in [6, 6.07) is 2.53. The molecule has 0 bridgehead atoms. The van der Waals surface area contributed by atoms with Gasteiger partial charge in [0.15, 0.2) is 0 Å². The highest BCUT2D eigenvalue weighted by Crippen LogP contribution is 2.23. The highest BCUT2D eigenvalue weighted by molar-refractivity contribution is 5.50. The average Bonchev–Trinajstić information content (AvgIpc) is 2.38. The molecule has 1 saturated heterocycles. The molecule has 5 heteroatoms. The zero-order valence-electron chi connectivity index (χ0n) is 12.6. The Balaban J connectivity index is 2.30. The minimum Gasteiger partial charge on any atom is -0.373 e. The topological polar surface area (TPSA) is 44.3 Å². The number of aromatic nitrogens is 2. The molecule has 1 fully saturated rings. The van der Waals surface area contributed by atoms with E-state index in [9.17, 15) is 0 Å². The molecule has 1 aliphatic heterocycles. The normalized spacial score (nSPS) is 20.9. The van der Waals surface area contributed by atoms with E-state index < -0.39 is 0 Å². The molecule has 0 radical (unpaired) electrons. The first-order chi connectivity index (χ1) is 9.01. The molecule has 0 aliphatic carbocycles. The van der Waals surface area contributed by atoms with Gasteiger partial charge in [0, 0.05) is 44.7 Å². The fraction of sp³-hybridized carbons (Fsp3) is 0.714. The molecule has 0 saturated carbocycles. The maximum Gasteiger partial charge on any atom is 0.135 e. The van der Waals surface area contributed by atoms with Crippen molar-refractivity contribution >= 4 is 11.6 Å². The molecule has 0 aromatic carbocycles. The highest BCUT2D eigenvalue weighted by atomic mass is 15.3. The lowest BCUT2D eigenvalue weighted by Gasteiger charge is -2.39. The molecule has 2 heterocycles. The number of anilines is 2. The van der Waals surface area contributed by atoms with Gasteiger partial charge in [0.05, 0.1) is 0 Å². The molecule has 0 spiro atoms. The standard InChI is InChI=1S/C14H25N5/c1-10(2)14-16-12(15-4)8-13(17-14)19-7-6-18(5)9-11(19)3/h8,10-11H,6-7,9H2,1-5H3,(H,15,16,17). The van der Waals surface area contributed by atoms with Crippen LogP contribution in [0.5, 0.6) is 0 Å². The molecule has 19 heavy (non-hydrogen) atoms. The number of hydrogen-bond donors (Lipinski definition) is 1. The van der Waals surface area contributed by atoms with E-state index in [2.05, 4.69) is 47.9 Å². The van der Waals surface area contributed by atoms with E-state index in [-0.39, 0.29) is 0 Å². The Morgan fingerprint density at radius 1 is 1.32 bits per heavy atom. The maximum atomic E-state index is 4.74. The van der Waals surface area contributed by atoms with Crippen LogP contribution in [-0.2, 0) is 0 Å². The first kappa shape index (κ1) is 14.1. The molecule has 2 rings (SSSR count). The van der Waals surface area contributed by atoms with Crippen LogP contribution >= 0.6 is 0 Å². The van der Waals surface area contributed by atoms with E-state index in [1.165, 1.54) is 0 Å². The summed E-state index contributed by atoms with van der Waals surface area (Å²) in [4.78, 5) is 14.0. The van der Waals surface area contributed by atoms with Gasteiger partial charge < -0.3 is 15.1 Å². The second-order valence-electron chi connectivity index (χ2n) is 5.68. The SMILES string of the molecule is CNc1cc(N2CCN(C)CC2C)nc(C(C)C)n1. The number of nitrogens with one attached hydrogen (secondary N) is 1. The Morgan fingerprint density at radius 2 is 2.05 bits per heavy atom. The van der Waals surface area contributed by atoms with Gasteiger partial charge >= 0.3 is 0 Å². The van der Waals surface area contributed by atoms with Gasteiger partial charge in [-0.2, -0.15) is 0 Å². The van der Waals surface area contributed by atoms with Crippen molar-refractivity contribution in [2.45, 2.75) is 32.7 Å². The zero-order chi connectivity index (χ0) is 14.0. The highest BCUT2D eigenvalue weighted by Gasteiger charge is 2.23. The fourth-order valence-corrected chi connectivity index (χ4v) is 2.47. The third-order valence-electron chi connectivity index (χ3n) is 3.63. The number of likely N-dealkylation sites (N-methyl/N-ethyl adjacent to an activating group) is 1. The van der Waals surface area contributed by atoms with E-state index >= 15 is 0 Å². The third-order valence-corrected chi connectivity index (χ3v) is 3.63. The minimum atomic E-state index is 0.342. The van der Waals surface area contributed by atoms with Crippen molar-refractivity contribution in [3.8, 4) is 0 Å². The number of nitrogens with zero attached hydrogens (tertiary/aromatic N) is 4. The van der Waals surface area contributed by atoms with Crippen LogP contribution in [0.1, 0.15) is 32.5 Å². The van der Waals surface area contributed by atoms with Gasteiger partial charge in [0.1, 0.15) is 17.5 Å². The molecule has 0 amide bonds. The molecule has 1 atom stereocenters. The van der Waals surface area contributed by atoms with Crippen molar-refractivity contribution in [2.75, 3.05) is 43.9 Å². The van der Waals surface area contributed by atoms with Gasteiger partial charge in [0.25, 0.3) is 0 Å². The lowest BCUT2D eigenvalue weighted by Crippen LogP contribution is -2.50. The first-order valence-corrected chi connectivity index (χ1v) is 7.03. The monoisotopic (exact) mass is 263 g/mol. The Labute approximate surface area is 116 Å². The summed E-state index contributed by atoms with van der Waals surface area (Å²) in [6.07, 6.45) is 0. The van der Waals surface area contributed by atoms with Crippen LogP contribution in [0.2, 0.25) is 0 Å². The third kappa shape index (κ3) is 3.15. The van der Waals surface area contributed by atoms with Crippen LogP contribution in [0, 0.1) is 0 Å². The quantitative estimate of drug-likeness (QED) is 0.900. The summed E-state index contributed by atoms with van der Waals surface area (Å²) < 4.78 is 0.